The summed E-state index contributed by atoms with van der Waals surface area (Å²) in [6, 6.07) is 0. The van der Waals surface area contributed by atoms with Gasteiger partial charge < -0.3 is 0 Å². The van der Waals surface area contributed by atoms with Gasteiger partial charge in [0.25, 0.3) is 0 Å². The van der Waals surface area contributed by atoms with Gasteiger partial charge in [0, 0.05) is 0 Å². The molecule has 0 aromatic carbocycles. The van der Waals surface area contributed by atoms with Crippen LogP contribution in [0.4, 0.5) is 0 Å². The van der Waals surface area contributed by atoms with Gasteiger partial charge >= 0.3 is 0 Å². The van der Waals surface area contributed by atoms with Crippen molar-refractivity contribution in [3.05, 3.63) is 46.6 Å². The molecule has 0 radical (unpaired) electrons. The van der Waals surface area contributed by atoms with E-state index in [0.29, 0.717) is 0 Å². The summed E-state index contributed by atoms with van der Waals surface area (Å²) in [7, 11) is 0. The molecule has 0 atom stereocenters. The summed E-state index contributed by atoms with van der Waals surface area (Å²) in [5.41, 5.74) is 5.50. The number of rotatable bonds is 10. The van der Waals surface area contributed by atoms with Crippen molar-refractivity contribution in [3.8, 4) is 0 Å². The summed E-state index contributed by atoms with van der Waals surface area (Å²) in [6.07, 6.45) is 16.1. The third-order valence-electron chi connectivity index (χ3n) is 3.51. The maximum absolute atomic E-state index is 10.3. The van der Waals surface area contributed by atoms with Gasteiger partial charge in [-0.05, 0) is 79.2 Å². The summed E-state index contributed by atoms with van der Waals surface area (Å²) in [6.45, 7) is 10.7. The highest BCUT2D eigenvalue weighted by Gasteiger charge is 1.93. The first kappa shape index (κ1) is 19.6. The molecule has 0 saturated heterocycles. The van der Waals surface area contributed by atoms with Crippen LogP contribution in [-0.4, -0.2) is 6.29 Å². The molecule has 1 heteroatoms. The van der Waals surface area contributed by atoms with E-state index in [0.717, 1.165) is 44.0 Å². The van der Waals surface area contributed by atoms with Crippen LogP contribution in [0.2, 0.25) is 0 Å². The molecule has 0 aromatic rings. The molecule has 0 saturated carbocycles. The molecular formula is C20H32O. The molecule has 0 amide bonds. The van der Waals surface area contributed by atoms with Gasteiger partial charge in [0.15, 0.2) is 0 Å². The van der Waals surface area contributed by atoms with E-state index >= 15 is 0 Å². The van der Waals surface area contributed by atoms with E-state index in [2.05, 4.69) is 45.9 Å². The van der Waals surface area contributed by atoms with Crippen molar-refractivity contribution in [2.45, 2.75) is 73.1 Å². The third-order valence-corrected chi connectivity index (χ3v) is 3.51. The van der Waals surface area contributed by atoms with Crippen LogP contribution < -0.4 is 0 Å². The fourth-order valence-corrected chi connectivity index (χ4v) is 2.08. The lowest BCUT2D eigenvalue weighted by Crippen LogP contribution is -1.82. The Balaban J connectivity index is 3.96. The molecule has 118 valence electrons. The summed E-state index contributed by atoms with van der Waals surface area (Å²) in [5, 5.41) is 0. The molecule has 0 spiro atoms. The average Bonchev–Trinajstić information content (AvgIpc) is 2.38. The van der Waals surface area contributed by atoms with Crippen LogP contribution in [-0.2, 0) is 4.79 Å². The molecule has 0 heterocycles. The molecule has 0 aliphatic heterocycles. The lowest BCUT2D eigenvalue weighted by Gasteiger charge is -2.02. The second-order valence-electron chi connectivity index (χ2n) is 6.15. The standard InChI is InChI=1S/C20H32O/c1-17(2)9-6-10-18(3)11-7-12-19(4)13-8-14-20(5)15-16-21/h9,11,13,15-16H,6-8,10,12,14H2,1-5H3/b18-11+,19-13?,20-15+. The summed E-state index contributed by atoms with van der Waals surface area (Å²) < 4.78 is 0. The Morgan fingerprint density at radius 2 is 1.10 bits per heavy atom. The van der Waals surface area contributed by atoms with Gasteiger partial charge in [-0.3, -0.25) is 4.79 Å². The minimum absolute atomic E-state index is 0.870. The van der Waals surface area contributed by atoms with Gasteiger partial charge in [-0.2, -0.15) is 0 Å². The minimum Gasteiger partial charge on any atom is -0.299 e. The quantitative estimate of drug-likeness (QED) is 0.261. The lowest BCUT2D eigenvalue weighted by atomic mass is 10.0. The number of carbonyl (C=O) groups is 1. The third kappa shape index (κ3) is 13.4. The van der Waals surface area contributed by atoms with Crippen molar-refractivity contribution in [1.82, 2.24) is 0 Å². The molecule has 1 nitrogen and oxygen atoms in total. The van der Waals surface area contributed by atoms with Gasteiger partial charge in [0.05, 0.1) is 0 Å². The van der Waals surface area contributed by atoms with Gasteiger partial charge in [-0.15, -0.1) is 0 Å². The summed E-state index contributed by atoms with van der Waals surface area (Å²) in [5.74, 6) is 0. The van der Waals surface area contributed by atoms with Crippen LogP contribution in [0.3, 0.4) is 0 Å². The highest BCUT2D eigenvalue weighted by molar-refractivity contribution is 5.65. The lowest BCUT2D eigenvalue weighted by molar-refractivity contribution is -0.104. The maximum atomic E-state index is 10.3. The van der Waals surface area contributed by atoms with Gasteiger partial charge in [-0.25, -0.2) is 0 Å². The van der Waals surface area contributed by atoms with Crippen LogP contribution >= 0.6 is 0 Å². The van der Waals surface area contributed by atoms with Crippen LogP contribution in [0.15, 0.2) is 46.6 Å². The molecule has 0 unspecified atom stereocenters. The maximum Gasteiger partial charge on any atom is 0.142 e. The number of allylic oxidation sites excluding steroid dienone is 8. The molecule has 0 aliphatic rings. The number of aldehydes is 1. The van der Waals surface area contributed by atoms with E-state index in [1.165, 1.54) is 23.1 Å². The highest BCUT2D eigenvalue weighted by Crippen LogP contribution is 2.13. The van der Waals surface area contributed by atoms with Crippen molar-refractivity contribution < 1.29 is 4.79 Å². The molecule has 0 rings (SSSR count). The van der Waals surface area contributed by atoms with E-state index in [-0.39, 0.29) is 0 Å². The molecule has 0 N–H and O–H groups in total. The summed E-state index contributed by atoms with van der Waals surface area (Å²) >= 11 is 0. The number of hydrogen-bond donors (Lipinski definition) is 0. The zero-order chi connectivity index (χ0) is 16.1. The van der Waals surface area contributed by atoms with Crippen LogP contribution in [0.5, 0.6) is 0 Å². The van der Waals surface area contributed by atoms with Gasteiger partial charge in [0.2, 0.25) is 0 Å². The smallest absolute Gasteiger partial charge is 0.142 e. The fraction of sp³-hybridized carbons (Fsp3) is 0.550. The molecule has 0 aromatic heterocycles. The van der Waals surface area contributed by atoms with Gasteiger partial charge in [0.1, 0.15) is 6.29 Å². The molecule has 0 bridgehead atoms. The predicted octanol–water partition coefficient (Wildman–Crippen LogP) is 6.33. The Kier molecular flexibility index (Phi) is 11.6. The van der Waals surface area contributed by atoms with Crippen LogP contribution in [0, 0.1) is 0 Å². The van der Waals surface area contributed by atoms with E-state index in [9.17, 15) is 4.79 Å². The van der Waals surface area contributed by atoms with Crippen LogP contribution in [0.25, 0.3) is 0 Å². The SMILES string of the molecule is CC(C)=CCC/C(C)=C/CCC(C)=CCC/C(C)=C/C=O. The van der Waals surface area contributed by atoms with Crippen molar-refractivity contribution in [2.75, 3.05) is 0 Å². The summed E-state index contributed by atoms with van der Waals surface area (Å²) in [4.78, 5) is 10.3. The van der Waals surface area contributed by atoms with Crippen molar-refractivity contribution >= 4 is 6.29 Å². The van der Waals surface area contributed by atoms with Crippen LogP contribution in [0.1, 0.15) is 73.1 Å². The number of hydrogen-bond acceptors (Lipinski definition) is 1. The zero-order valence-electron chi connectivity index (χ0n) is 14.5. The monoisotopic (exact) mass is 288 g/mol. The van der Waals surface area contributed by atoms with E-state index in [4.69, 9.17) is 0 Å². The Morgan fingerprint density at radius 3 is 1.52 bits per heavy atom. The first-order valence-electron chi connectivity index (χ1n) is 8.01. The minimum atomic E-state index is 0.870. The first-order valence-corrected chi connectivity index (χ1v) is 8.01. The Bertz CT molecular complexity index is 415. The van der Waals surface area contributed by atoms with Gasteiger partial charge in [-0.1, -0.05) is 40.5 Å². The largest absolute Gasteiger partial charge is 0.299 e. The first-order chi connectivity index (χ1) is 9.95. The predicted molar refractivity (Wildman–Crippen MR) is 94.5 cm³/mol. The molecular weight excluding hydrogens is 256 g/mol. The van der Waals surface area contributed by atoms with Crippen molar-refractivity contribution in [1.29, 1.82) is 0 Å². The van der Waals surface area contributed by atoms with E-state index < -0.39 is 0 Å². The topological polar surface area (TPSA) is 17.1 Å². The normalized spacial score (nSPS) is 13.3. The van der Waals surface area contributed by atoms with Crippen molar-refractivity contribution in [2.24, 2.45) is 0 Å². The Morgan fingerprint density at radius 1 is 0.667 bits per heavy atom. The zero-order valence-corrected chi connectivity index (χ0v) is 14.5. The Hall–Kier alpha value is -1.37. The second-order valence-corrected chi connectivity index (χ2v) is 6.15. The molecule has 0 aliphatic carbocycles. The fourth-order valence-electron chi connectivity index (χ4n) is 2.08. The Labute approximate surface area is 131 Å². The molecule has 21 heavy (non-hydrogen) atoms. The molecule has 0 fully saturated rings. The average molecular weight is 288 g/mol. The van der Waals surface area contributed by atoms with E-state index in [1.54, 1.807) is 6.08 Å². The second kappa shape index (κ2) is 12.4. The highest BCUT2D eigenvalue weighted by atomic mass is 16.1. The van der Waals surface area contributed by atoms with E-state index in [1.807, 2.05) is 6.92 Å². The number of carbonyl (C=O) groups excluding carboxylic acids is 1. The van der Waals surface area contributed by atoms with Crippen molar-refractivity contribution in [3.63, 3.8) is 0 Å².